The minimum absolute atomic E-state index is 0.113. The Morgan fingerprint density at radius 2 is 2.24 bits per heavy atom. The van der Waals surface area contributed by atoms with Crippen molar-refractivity contribution in [2.24, 2.45) is 5.73 Å². The number of rotatable bonds is 7. The second-order valence-electron chi connectivity index (χ2n) is 4.13. The zero-order valence-electron chi connectivity index (χ0n) is 10.4. The predicted molar refractivity (Wildman–Crippen MR) is 77.3 cm³/mol. The largest absolute Gasteiger partial charge is 0.493 e. The van der Waals surface area contributed by atoms with Crippen molar-refractivity contribution >= 4 is 23.4 Å². The van der Waals surface area contributed by atoms with Crippen molar-refractivity contribution in [3.8, 4) is 5.75 Å². The van der Waals surface area contributed by atoms with Gasteiger partial charge in [0.15, 0.2) is 0 Å². The van der Waals surface area contributed by atoms with Gasteiger partial charge in [0.25, 0.3) is 0 Å². The Labute approximate surface area is 113 Å². The zero-order chi connectivity index (χ0) is 12.7. The molecule has 0 heterocycles. The van der Waals surface area contributed by atoms with Gasteiger partial charge in [-0.05, 0) is 55.5 Å². The Balaban J connectivity index is 2.62. The van der Waals surface area contributed by atoms with Crippen LogP contribution in [0.2, 0.25) is 5.02 Å². The second-order valence-corrected chi connectivity index (χ2v) is 5.55. The highest BCUT2D eigenvalue weighted by atomic mass is 35.5. The van der Waals surface area contributed by atoms with Crippen molar-refractivity contribution in [3.63, 3.8) is 0 Å². The first-order valence-corrected chi connectivity index (χ1v) is 7.56. The van der Waals surface area contributed by atoms with Crippen LogP contribution in [0.5, 0.6) is 5.75 Å². The summed E-state index contributed by atoms with van der Waals surface area (Å²) in [7, 11) is 0. The van der Waals surface area contributed by atoms with Crippen molar-refractivity contribution in [1.29, 1.82) is 0 Å². The summed E-state index contributed by atoms with van der Waals surface area (Å²) in [5.41, 5.74) is 6.91. The minimum atomic E-state index is 0.113. The van der Waals surface area contributed by atoms with Crippen LogP contribution >= 0.6 is 23.4 Å². The third-order valence-electron chi connectivity index (χ3n) is 2.31. The van der Waals surface area contributed by atoms with Gasteiger partial charge < -0.3 is 10.5 Å². The van der Waals surface area contributed by atoms with Crippen LogP contribution in [0.3, 0.4) is 0 Å². The average Bonchev–Trinajstić information content (AvgIpc) is 2.26. The summed E-state index contributed by atoms with van der Waals surface area (Å²) in [6, 6.07) is 5.84. The number of hydrogen-bond acceptors (Lipinski definition) is 3. The van der Waals surface area contributed by atoms with E-state index in [-0.39, 0.29) is 6.04 Å². The molecule has 0 aliphatic rings. The van der Waals surface area contributed by atoms with Crippen LogP contribution in [0, 0.1) is 0 Å². The molecule has 0 fully saturated rings. The first-order valence-electron chi connectivity index (χ1n) is 5.79. The van der Waals surface area contributed by atoms with Gasteiger partial charge in [-0.15, -0.1) is 0 Å². The van der Waals surface area contributed by atoms with Crippen molar-refractivity contribution in [2.75, 3.05) is 18.6 Å². The number of benzene rings is 1. The number of nitrogens with two attached hydrogens (primary N) is 1. The van der Waals surface area contributed by atoms with Gasteiger partial charge in [0.1, 0.15) is 5.75 Å². The fourth-order valence-electron chi connectivity index (χ4n) is 1.58. The maximum Gasteiger partial charge on any atom is 0.122 e. The third-order valence-corrected chi connectivity index (χ3v) is 3.25. The van der Waals surface area contributed by atoms with Crippen LogP contribution in [0.25, 0.3) is 0 Å². The molecule has 0 amide bonds. The summed E-state index contributed by atoms with van der Waals surface area (Å²) in [5, 5.41) is 0.733. The van der Waals surface area contributed by atoms with Crippen molar-refractivity contribution in [2.45, 2.75) is 25.8 Å². The Morgan fingerprint density at radius 1 is 1.47 bits per heavy atom. The van der Waals surface area contributed by atoms with Gasteiger partial charge in [-0.1, -0.05) is 11.6 Å². The summed E-state index contributed by atoms with van der Waals surface area (Å²) < 4.78 is 5.77. The normalized spacial score (nSPS) is 12.5. The molecular weight excluding hydrogens is 254 g/mol. The first-order chi connectivity index (χ1) is 8.13. The molecular formula is C13H20ClNOS. The van der Waals surface area contributed by atoms with E-state index in [0.717, 1.165) is 41.5 Å². The fraction of sp³-hybridized carbons (Fsp3) is 0.538. The van der Waals surface area contributed by atoms with Gasteiger partial charge >= 0.3 is 0 Å². The lowest BCUT2D eigenvalue weighted by atomic mass is 10.1. The molecule has 1 rings (SSSR count). The van der Waals surface area contributed by atoms with E-state index in [0.29, 0.717) is 0 Å². The van der Waals surface area contributed by atoms with E-state index < -0.39 is 0 Å². The topological polar surface area (TPSA) is 35.2 Å². The molecule has 1 atom stereocenters. The van der Waals surface area contributed by atoms with E-state index in [4.69, 9.17) is 22.1 Å². The summed E-state index contributed by atoms with van der Waals surface area (Å²) >= 11 is 7.82. The highest BCUT2D eigenvalue weighted by Crippen LogP contribution is 2.24. The minimum Gasteiger partial charge on any atom is -0.493 e. The van der Waals surface area contributed by atoms with Crippen LogP contribution in [-0.4, -0.2) is 24.7 Å². The average molecular weight is 274 g/mol. The van der Waals surface area contributed by atoms with Gasteiger partial charge in [-0.3, -0.25) is 0 Å². The van der Waals surface area contributed by atoms with Crippen molar-refractivity contribution in [1.82, 2.24) is 0 Å². The molecule has 0 saturated heterocycles. The van der Waals surface area contributed by atoms with Gasteiger partial charge in [-0.2, -0.15) is 11.8 Å². The summed E-state index contributed by atoms with van der Waals surface area (Å²) in [5.74, 6) is 2.03. The summed E-state index contributed by atoms with van der Waals surface area (Å²) in [6.07, 6.45) is 3.95. The Bertz CT molecular complexity index is 344. The number of hydrogen-bond donors (Lipinski definition) is 1. The standard InChI is InChI=1S/C13H20ClNOS/c1-10(15)8-11-9-12(14)4-5-13(11)16-6-3-7-17-2/h4-5,9-10H,3,6-8,15H2,1-2H3. The molecule has 2 nitrogen and oxygen atoms in total. The molecule has 1 unspecified atom stereocenters. The summed E-state index contributed by atoms with van der Waals surface area (Å²) in [6.45, 7) is 2.73. The monoisotopic (exact) mass is 273 g/mol. The van der Waals surface area contributed by atoms with E-state index in [1.54, 1.807) is 0 Å². The number of thioether (sulfide) groups is 1. The highest BCUT2D eigenvalue weighted by molar-refractivity contribution is 7.98. The van der Waals surface area contributed by atoms with Crippen LogP contribution in [0.4, 0.5) is 0 Å². The molecule has 96 valence electrons. The molecule has 0 saturated carbocycles. The molecule has 0 aliphatic carbocycles. The second kappa shape index (κ2) is 7.85. The SMILES string of the molecule is CSCCCOc1ccc(Cl)cc1CC(C)N. The lowest BCUT2D eigenvalue weighted by Gasteiger charge is -2.13. The third kappa shape index (κ3) is 5.66. The highest BCUT2D eigenvalue weighted by Gasteiger charge is 2.07. The van der Waals surface area contributed by atoms with Crippen LogP contribution in [0.1, 0.15) is 18.9 Å². The number of ether oxygens (including phenoxy) is 1. The quantitative estimate of drug-likeness (QED) is 0.774. The molecule has 0 aliphatic heterocycles. The molecule has 1 aromatic rings. The Hall–Kier alpha value is -0.380. The maximum absolute atomic E-state index is 5.98. The molecule has 0 bridgehead atoms. The first kappa shape index (κ1) is 14.7. The molecule has 0 aromatic heterocycles. The van der Waals surface area contributed by atoms with E-state index in [1.807, 2.05) is 36.9 Å². The molecule has 17 heavy (non-hydrogen) atoms. The van der Waals surface area contributed by atoms with Gasteiger partial charge in [0.2, 0.25) is 0 Å². The van der Waals surface area contributed by atoms with E-state index in [1.165, 1.54) is 0 Å². The van der Waals surface area contributed by atoms with Gasteiger partial charge in [0.05, 0.1) is 6.61 Å². The van der Waals surface area contributed by atoms with Crippen LogP contribution in [-0.2, 0) is 6.42 Å². The summed E-state index contributed by atoms with van der Waals surface area (Å²) in [4.78, 5) is 0. The zero-order valence-corrected chi connectivity index (χ0v) is 12.0. The van der Waals surface area contributed by atoms with Gasteiger partial charge in [0, 0.05) is 11.1 Å². The van der Waals surface area contributed by atoms with Crippen LogP contribution < -0.4 is 10.5 Å². The lowest BCUT2D eigenvalue weighted by Crippen LogP contribution is -2.18. The van der Waals surface area contributed by atoms with E-state index in [9.17, 15) is 0 Å². The van der Waals surface area contributed by atoms with Crippen LogP contribution in [0.15, 0.2) is 18.2 Å². The van der Waals surface area contributed by atoms with E-state index >= 15 is 0 Å². The molecule has 2 N–H and O–H groups in total. The van der Waals surface area contributed by atoms with E-state index in [2.05, 4.69) is 6.26 Å². The molecule has 4 heteroatoms. The molecule has 1 aromatic carbocycles. The Kier molecular flexibility index (Phi) is 6.78. The smallest absolute Gasteiger partial charge is 0.122 e. The van der Waals surface area contributed by atoms with Crippen molar-refractivity contribution < 1.29 is 4.74 Å². The lowest BCUT2D eigenvalue weighted by molar-refractivity contribution is 0.315. The number of halogens is 1. The fourth-order valence-corrected chi connectivity index (χ4v) is 2.18. The molecule has 0 radical (unpaired) electrons. The predicted octanol–water partition coefficient (Wildman–Crippen LogP) is 3.36. The van der Waals surface area contributed by atoms with Crippen molar-refractivity contribution in [3.05, 3.63) is 28.8 Å². The molecule has 0 spiro atoms. The van der Waals surface area contributed by atoms with Gasteiger partial charge in [-0.25, -0.2) is 0 Å². The Morgan fingerprint density at radius 3 is 2.88 bits per heavy atom. The maximum atomic E-state index is 5.98.